The first-order valence-corrected chi connectivity index (χ1v) is 7.70. The number of nitrogens with one attached hydrogen (secondary N) is 1. The Bertz CT molecular complexity index is 187. The van der Waals surface area contributed by atoms with Gasteiger partial charge in [-0.1, -0.05) is 46.0 Å². The van der Waals surface area contributed by atoms with E-state index in [9.17, 15) is 0 Å². The lowest BCUT2D eigenvalue weighted by atomic mass is 9.92. The topological polar surface area (TPSA) is 58.3 Å². The van der Waals surface area contributed by atoms with E-state index in [1.165, 1.54) is 32.1 Å². The van der Waals surface area contributed by atoms with E-state index >= 15 is 0 Å². The summed E-state index contributed by atoms with van der Waals surface area (Å²) in [6, 6.07) is 0.388. The number of hydrogen-bond donors (Lipinski definition) is 3. The van der Waals surface area contributed by atoms with Crippen LogP contribution in [0, 0.1) is 0 Å². The molecule has 0 heterocycles. The van der Waals surface area contributed by atoms with Crippen LogP contribution >= 0.6 is 0 Å². The highest BCUT2D eigenvalue weighted by molar-refractivity contribution is 4.87. The molecule has 0 radical (unpaired) electrons. The molecule has 3 heteroatoms. The highest BCUT2D eigenvalue weighted by Gasteiger charge is 2.24. The first kappa shape index (κ1) is 17.9. The molecule has 18 heavy (non-hydrogen) atoms. The van der Waals surface area contributed by atoms with Crippen LogP contribution in [-0.2, 0) is 0 Å². The zero-order valence-corrected chi connectivity index (χ0v) is 12.7. The van der Waals surface area contributed by atoms with Gasteiger partial charge in [-0.3, -0.25) is 0 Å². The number of hydrogen-bond acceptors (Lipinski definition) is 3. The normalized spacial score (nSPS) is 16.5. The Kier molecular flexibility index (Phi) is 10.7. The van der Waals surface area contributed by atoms with Gasteiger partial charge in [-0.25, -0.2) is 0 Å². The molecule has 0 aromatic carbocycles. The third-order valence-corrected chi connectivity index (χ3v) is 3.81. The first-order chi connectivity index (χ1) is 8.61. The summed E-state index contributed by atoms with van der Waals surface area (Å²) in [7, 11) is 0. The molecule has 0 aromatic rings. The standard InChI is InChI=1S/C15H34N2O/c1-4-6-7-8-9-11-15(3,13-16)17-14(5-2)10-12-18/h14,17-18H,4-13,16H2,1-3H3. The second-order valence-corrected chi connectivity index (χ2v) is 5.69. The maximum absolute atomic E-state index is 9.04. The Hall–Kier alpha value is -0.120. The van der Waals surface area contributed by atoms with Gasteiger partial charge in [0.1, 0.15) is 0 Å². The second-order valence-electron chi connectivity index (χ2n) is 5.69. The second kappa shape index (κ2) is 10.8. The van der Waals surface area contributed by atoms with Crippen molar-refractivity contribution in [1.82, 2.24) is 5.32 Å². The van der Waals surface area contributed by atoms with Crippen molar-refractivity contribution in [3.8, 4) is 0 Å². The molecule has 0 rings (SSSR count). The maximum Gasteiger partial charge on any atom is 0.0445 e. The fourth-order valence-electron chi connectivity index (χ4n) is 2.38. The first-order valence-electron chi connectivity index (χ1n) is 7.70. The van der Waals surface area contributed by atoms with Crippen molar-refractivity contribution in [2.45, 2.75) is 83.7 Å². The van der Waals surface area contributed by atoms with Crippen LogP contribution in [0.1, 0.15) is 72.1 Å². The van der Waals surface area contributed by atoms with Gasteiger partial charge in [-0.05, 0) is 26.2 Å². The Morgan fingerprint density at radius 1 is 1.17 bits per heavy atom. The van der Waals surface area contributed by atoms with Crippen molar-refractivity contribution in [3.63, 3.8) is 0 Å². The van der Waals surface area contributed by atoms with Crippen molar-refractivity contribution < 1.29 is 5.11 Å². The molecule has 110 valence electrons. The lowest BCUT2D eigenvalue weighted by molar-refractivity contribution is 0.225. The molecule has 0 saturated heterocycles. The highest BCUT2D eigenvalue weighted by atomic mass is 16.3. The summed E-state index contributed by atoms with van der Waals surface area (Å²) in [4.78, 5) is 0. The van der Waals surface area contributed by atoms with E-state index in [0.717, 1.165) is 19.3 Å². The zero-order chi connectivity index (χ0) is 13.9. The minimum Gasteiger partial charge on any atom is -0.396 e. The third kappa shape index (κ3) is 8.06. The van der Waals surface area contributed by atoms with Crippen molar-refractivity contribution in [1.29, 1.82) is 0 Å². The van der Waals surface area contributed by atoms with Gasteiger partial charge in [-0.15, -0.1) is 0 Å². The van der Waals surface area contributed by atoms with Gasteiger partial charge < -0.3 is 16.2 Å². The number of rotatable bonds is 12. The van der Waals surface area contributed by atoms with E-state index in [0.29, 0.717) is 12.6 Å². The zero-order valence-electron chi connectivity index (χ0n) is 12.7. The molecule has 0 aromatic heterocycles. The average molecular weight is 258 g/mol. The Balaban J connectivity index is 3.99. The lowest BCUT2D eigenvalue weighted by Crippen LogP contribution is -2.53. The minimum absolute atomic E-state index is 0.0298. The summed E-state index contributed by atoms with van der Waals surface area (Å²) in [5.74, 6) is 0. The lowest BCUT2D eigenvalue weighted by Gasteiger charge is -2.34. The summed E-state index contributed by atoms with van der Waals surface area (Å²) in [5, 5.41) is 12.7. The molecular formula is C15H34N2O. The van der Waals surface area contributed by atoms with Crippen LogP contribution in [0.5, 0.6) is 0 Å². The summed E-state index contributed by atoms with van der Waals surface area (Å²) in [6.07, 6.45) is 9.53. The van der Waals surface area contributed by atoms with Gasteiger partial charge in [0, 0.05) is 24.7 Å². The van der Waals surface area contributed by atoms with E-state index in [-0.39, 0.29) is 12.1 Å². The quantitative estimate of drug-likeness (QED) is 0.472. The van der Waals surface area contributed by atoms with E-state index in [2.05, 4.69) is 26.1 Å². The van der Waals surface area contributed by atoms with Gasteiger partial charge >= 0.3 is 0 Å². The van der Waals surface area contributed by atoms with Crippen LogP contribution in [0.3, 0.4) is 0 Å². The molecule has 0 fully saturated rings. The van der Waals surface area contributed by atoms with Crippen molar-refractivity contribution in [2.24, 2.45) is 5.73 Å². The number of nitrogens with two attached hydrogens (primary N) is 1. The molecule has 2 atom stereocenters. The molecule has 0 saturated carbocycles. The van der Waals surface area contributed by atoms with Crippen molar-refractivity contribution >= 4 is 0 Å². The van der Waals surface area contributed by atoms with E-state index in [4.69, 9.17) is 10.8 Å². The highest BCUT2D eigenvalue weighted by Crippen LogP contribution is 2.17. The van der Waals surface area contributed by atoms with Gasteiger partial charge in [0.25, 0.3) is 0 Å². The Labute approximate surface area is 114 Å². The molecule has 0 amide bonds. The van der Waals surface area contributed by atoms with Crippen LogP contribution < -0.4 is 11.1 Å². The number of unbranched alkanes of at least 4 members (excludes halogenated alkanes) is 4. The third-order valence-electron chi connectivity index (χ3n) is 3.81. The van der Waals surface area contributed by atoms with Crippen molar-refractivity contribution in [2.75, 3.05) is 13.2 Å². The Morgan fingerprint density at radius 2 is 1.83 bits per heavy atom. The summed E-state index contributed by atoms with van der Waals surface area (Å²) in [5.41, 5.74) is 5.95. The minimum atomic E-state index is 0.0298. The molecule has 0 spiro atoms. The summed E-state index contributed by atoms with van der Waals surface area (Å²) in [6.45, 7) is 7.54. The summed E-state index contributed by atoms with van der Waals surface area (Å²) >= 11 is 0. The fourth-order valence-corrected chi connectivity index (χ4v) is 2.38. The molecule has 0 aliphatic heterocycles. The molecule has 0 aliphatic rings. The van der Waals surface area contributed by atoms with Gasteiger partial charge in [0.05, 0.1) is 0 Å². The van der Waals surface area contributed by atoms with E-state index in [1.54, 1.807) is 0 Å². The average Bonchev–Trinajstić information content (AvgIpc) is 2.38. The Morgan fingerprint density at radius 3 is 2.33 bits per heavy atom. The van der Waals surface area contributed by atoms with Crippen LogP contribution in [0.25, 0.3) is 0 Å². The predicted molar refractivity (Wildman–Crippen MR) is 79.8 cm³/mol. The molecule has 0 bridgehead atoms. The van der Waals surface area contributed by atoms with Gasteiger partial charge in [0.15, 0.2) is 0 Å². The number of aliphatic hydroxyl groups is 1. The van der Waals surface area contributed by atoms with E-state index in [1.807, 2.05) is 0 Å². The van der Waals surface area contributed by atoms with Crippen molar-refractivity contribution in [3.05, 3.63) is 0 Å². The molecule has 2 unspecified atom stereocenters. The maximum atomic E-state index is 9.04. The van der Waals surface area contributed by atoms with Crippen LogP contribution in [0.15, 0.2) is 0 Å². The van der Waals surface area contributed by atoms with Gasteiger partial charge in [-0.2, -0.15) is 0 Å². The van der Waals surface area contributed by atoms with E-state index < -0.39 is 0 Å². The number of aliphatic hydroxyl groups excluding tert-OH is 1. The van der Waals surface area contributed by atoms with Crippen LogP contribution in [0.2, 0.25) is 0 Å². The monoisotopic (exact) mass is 258 g/mol. The van der Waals surface area contributed by atoms with Crippen LogP contribution in [0.4, 0.5) is 0 Å². The summed E-state index contributed by atoms with van der Waals surface area (Å²) < 4.78 is 0. The smallest absolute Gasteiger partial charge is 0.0445 e. The largest absolute Gasteiger partial charge is 0.396 e. The molecule has 4 N–H and O–H groups in total. The SMILES string of the molecule is CCCCCCCC(C)(CN)NC(CC)CCO. The molecule has 0 aliphatic carbocycles. The molecular weight excluding hydrogens is 224 g/mol. The predicted octanol–water partition coefficient (Wildman–Crippen LogP) is 2.81. The van der Waals surface area contributed by atoms with Crippen LogP contribution in [-0.4, -0.2) is 29.8 Å². The van der Waals surface area contributed by atoms with Gasteiger partial charge in [0.2, 0.25) is 0 Å². The molecule has 3 nitrogen and oxygen atoms in total. The fraction of sp³-hybridized carbons (Fsp3) is 1.00.